The van der Waals surface area contributed by atoms with Crippen LogP contribution in [-0.2, 0) is 4.74 Å². The van der Waals surface area contributed by atoms with Crippen LogP contribution in [-0.4, -0.2) is 31.7 Å². The van der Waals surface area contributed by atoms with E-state index < -0.39 is 5.97 Å². The van der Waals surface area contributed by atoms with Gasteiger partial charge in [-0.2, -0.15) is 0 Å². The standard InChI is InChI=1S/C16H23ClN2O2/c1-11(9-12-5-3-4-8-18-12)19-13-6-7-15(17)14(10-13)16(20)21-2/h6-7,10-12,18-19H,3-5,8-9H2,1-2H3. The zero-order valence-electron chi connectivity index (χ0n) is 12.6. The number of anilines is 1. The van der Waals surface area contributed by atoms with Crippen molar-refractivity contribution in [3.63, 3.8) is 0 Å². The smallest absolute Gasteiger partial charge is 0.339 e. The molecule has 1 saturated heterocycles. The topological polar surface area (TPSA) is 50.4 Å². The van der Waals surface area contributed by atoms with Crippen molar-refractivity contribution in [1.82, 2.24) is 5.32 Å². The van der Waals surface area contributed by atoms with E-state index in [1.807, 2.05) is 6.07 Å². The van der Waals surface area contributed by atoms with Crippen LogP contribution in [0.3, 0.4) is 0 Å². The first-order chi connectivity index (χ1) is 10.1. The van der Waals surface area contributed by atoms with Crippen LogP contribution >= 0.6 is 11.6 Å². The Balaban J connectivity index is 1.96. The van der Waals surface area contributed by atoms with Crippen LogP contribution in [0.4, 0.5) is 5.69 Å². The number of piperidine rings is 1. The predicted octanol–water partition coefficient (Wildman–Crippen LogP) is 3.46. The summed E-state index contributed by atoms with van der Waals surface area (Å²) in [4.78, 5) is 11.6. The highest BCUT2D eigenvalue weighted by atomic mass is 35.5. The molecule has 0 amide bonds. The van der Waals surface area contributed by atoms with Crippen LogP contribution in [0.25, 0.3) is 0 Å². The summed E-state index contributed by atoms with van der Waals surface area (Å²) in [7, 11) is 1.36. The number of hydrogen-bond donors (Lipinski definition) is 2. The molecule has 5 heteroatoms. The molecule has 0 spiro atoms. The fourth-order valence-corrected chi connectivity index (χ4v) is 2.97. The number of methoxy groups -OCH3 is 1. The van der Waals surface area contributed by atoms with Crippen molar-refractivity contribution in [2.45, 2.75) is 44.7 Å². The Hall–Kier alpha value is -1.26. The van der Waals surface area contributed by atoms with E-state index in [2.05, 4.69) is 17.6 Å². The molecule has 0 aromatic heterocycles. The minimum absolute atomic E-state index is 0.326. The van der Waals surface area contributed by atoms with Crippen LogP contribution < -0.4 is 10.6 Å². The summed E-state index contributed by atoms with van der Waals surface area (Å²) in [5.74, 6) is -0.412. The molecule has 2 unspecified atom stereocenters. The number of carbonyl (C=O) groups is 1. The summed E-state index contributed by atoms with van der Waals surface area (Å²) < 4.78 is 4.74. The highest BCUT2D eigenvalue weighted by Gasteiger charge is 2.17. The van der Waals surface area contributed by atoms with Gasteiger partial charge >= 0.3 is 5.97 Å². The van der Waals surface area contributed by atoms with Crippen molar-refractivity contribution in [1.29, 1.82) is 0 Å². The molecular formula is C16H23ClN2O2. The van der Waals surface area contributed by atoms with E-state index in [1.165, 1.54) is 26.4 Å². The summed E-state index contributed by atoms with van der Waals surface area (Å²) in [6, 6.07) is 6.26. The summed E-state index contributed by atoms with van der Waals surface area (Å²) in [5, 5.41) is 7.39. The number of hydrogen-bond acceptors (Lipinski definition) is 4. The molecule has 0 bridgehead atoms. The van der Waals surface area contributed by atoms with Gasteiger partial charge in [0.15, 0.2) is 0 Å². The lowest BCUT2D eigenvalue weighted by atomic mass is 9.98. The molecule has 1 aliphatic heterocycles. The normalized spacial score (nSPS) is 19.9. The first-order valence-corrected chi connectivity index (χ1v) is 7.85. The van der Waals surface area contributed by atoms with Gasteiger partial charge in [0.05, 0.1) is 17.7 Å². The van der Waals surface area contributed by atoms with Gasteiger partial charge < -0.3 is 15.4 Å². The Labute approximate surface area is 131 Å². The average molecular weight is 311 g/mol. The van der Waals surface area contributed by atoms with Crippen LogP contribution in [0.1, 0.15) is 43.0 Å². The average Bonchev–Trinajstić information content (AvgIpc) is 2.49. The molecule has 1 fully saturated rings. The van der Waals surface area contributed by atoms with Crippen LogP contribution in [0.5, 0.6) is 0 Å². The molecular weight excluding hydrogens is 288 g/mol. The second-order valence-corrected chi connectivity index (χ2v) is 6.02. The van der Waals surface area contributed by atoms with Crippen molar-refractivity contribution in [3.8, 4) is 0 Å². The molecule has 1 aromatic carbocycles. The number of halogens is 1. The number of nitrogens with one attached hydrogen (secondary N) is 2. The van der Waals surface area contributed by atoms with E-state index in [-0.39, 0.29) is 0 Å². The maximum atomic E-state index is 11.6. The molecule has 1 aliphatic rings. The Morgan fingerprint density at radius 3 is 3.00 bits per heavy atom. The number of esters is 1. The number of carbonyl (C=O) groups excluding carboxylic acids is 1. The Kier molecular flexibility index (Phi) is 5.88. The lowest BCUT2D eigenvalue weighted by molar-refractivity contribution is 0.0601. The molecule has 21 heavy (non-hydrogen) atoms. The summed E-state index contributed by atoms with van der Waals surface area (Å²) in [6.07, 6.45) is 4.88. The first-order valence-electron chi connectivity index (χ1n) is 7.48. The second-order valence-electron chi connectivity index (χ2n) is 5.61. The maximum absolute atomic E-state index is 11.6. The van der Waals surface area contributed by atoms with Gasteiger partial charge in [-0.1, -0.05) is 18.0 Å². The number of benzene rings is 1. The van der Waals surface area contributed by atoms with Gasteiger partial charge in [0, 0.05) is 17.8 Å². The van der Waals surface area contributed by atoms with E-state index in [0.29, 0.717) is 22.7 Å². The van der Waals surface area contributed by atoms with Gasteiger partial charge in [-0.3, -0.25) is 0 Å². The fraction of sp³-hybridized carbons (Fsp3) is 0.562. The molecule has 1 aromatic rings. The molecule has 1 heterocycles. The van der Waals surface area contributed by atoms with Gasteiger partial charge in [-0.15, -0.1) is 0 Å². The third kappa shape index (κ3) is 4.61. The molecule has 4 nitrogen and oxygen atoms in total. The molecule has 2 N–H and O–H groups in total. The van der Waals surface area contributed by atoms with Crippen molar-refractivity contribution in [3.05, 3.63) is 28.8 Å². The van der Waals surface area contributed by atoms with E-state index in [9.17, 15) is 4.79 Å². The van der Waals surface area contributed by atoms with Crippen molar-refractivity contribution >= 4 is 23.3 Å². The van der Waals surface area contributed by atoms with Crippen molar-refractivity contribution in [2.75, 3.05) is 19.0 Å². The van der Waals surface area contributed by atoms with E-state index in [1.54, 1.807) is 12.1 Å². The Morgan fingerprint density at radius 1 is 1.52 bits per heavy atom. The van der Waals surface area contributed by atoms with Gasteiger partial charge in [-0.05, 0) is 50.9 Å². The highest BCUT2D eigenvalue weighted by Crippen LogP contribution is 2.23. The second kappa shape index (κ2) is 7.66. The monoisotopic (exact) mass is 310 g/mol. The summed E-state index contributed by atoms with van der Waals surface area (Å²) in [6.45, 7) is 3.27. The Morgan fingerprint density at radius 2 is 2.33 bits per heavy atom. The minimum atomic E-state index is -0.412. The highest BCUT2D eigenvalue weighted by molar-refractivity contribution is 6.33. The molecule has 2 atom stereocenters. The van der Waals surface area contributed by atoms with Crippen molar-refractivity contribution in [2.24, 2.45) is 0 Å². The van der Waals surface area contributed by atoms with Gasteiger partial charge in [0.1, 0.15) is 0 Å². The van der Waals surface area contributed by atoms with Crippen molar-refractivity contribution < 1.29 is 9.53 Å². The molecule has 2 rings (SSSR count). The zero-order chi connectivity index (χ0) is 15.2. The first kappa shape index (κ1) is 16.1. The van der Waals surface area contributed by atoms with E-state index in [0.717, 1.165) is 18.7 Å². The number of rotatable bonds is 5. The van der Waals surface area contributed by atoms with Gasteiger partial charge in [-0.25, -0.2) is 4.79 Å². The van der Waals surface area contributed by atoms with E-state index in [4.69, 9.17) is 16.3 Å². The third-order valence-electron chi connectivity index (χ3n) is 3.84. The largest absolute Gasteiger partial charge is 0.465 e. The fourth-order valence-electron chi connectivity index (χ4n) is 2.78. The van der Waals surface area contributed by atoms with Gasteiger partial charge in [0.2, 0.25) is 0 Å². The summed E-state index contributed by atoms with van der Waals surface area (Å²) in [5.41, 5.74) is 1.29. The summed E-state index contributed by atoms with van der Waals surface area (Å²) >= 11 is 6.02. The molecule has 116 valence electrons. The quantitative estimate of drug-likeness (QED) is 0.818. The number of ether oxygens (including phenoxy) is 1. The van der Waals surface area contributed by atoms with Crippen LogP contribution in [0.15, 0.2) is 18.2 Å². The van der Waals surface area contributed by atoms with Crippen LogP contribution in [0, 0.1) is 0 Å². The third-order valence-corrected chi connectivity index (χ3v) is 4.16. The van der Waals surface area contributed by atoms with Gasteiger partial charge in [0.25, 0.3) is 0 Å². The Bertz CT molecular complexity index is 487. The van der Waals surface area contributed by atoms with Crippen LogP contribution in [0.2, 0.25) is 5.02 Å². The molecule has 0 radical (unpaired) electrons. The molecule has 0 saturated carbocycles. The minimum Gasteiger partial charge on any atom is -0.465 e. The lowest BCUT2D eigenvalue weighted by Gasteiger charge is -2.27. The lowest BCUT2D eigenvalue weighted by Crippen LogP contribution is -2.37. The molecule has 0 aliphatic carbocycles. The maximum Gasteiger partial charge on any atom is 0.339 e. The SMILES string of the molecule is COC(=O)c1cc(NC(C)CC2CCCCN2)ccc1Cl. The predicted molar refractivity (Wildman–Crippen MR) is 86.1 cm³/mol. The van der Waals surface area contributed by atoms with E-state index >= 15 is 0 Å². The zero-order valence-corrected chi connectivity index (χ0v) is 13.4.